The van der Waals surface area contributed by atoms with Crippen LogP contribution in [0.25, 0.3) is 0 Å². The smallest absolute Gasteiger partial charge is 0.263 e. The Labute approximate surface area is 133 Å². The maximum Gasteiger partial charge on any atom is 0.263 e. The fourth-order valence-electron chi connectivity index (χ4n) is 1.89. The fraction of sp³-hybridized carbons (Fsp3) is 0.444. The summed E-state index contributed by atoms with van der Waals surface area (Å²) in [5.74, 6) is 0.0186. The summed E-state index contributed by atoms with van der Waals surface area (Å²) in [6.45, 7) is 8.70. The summed E-state index contributed by atoms with van der Waals surface area (Å²) in [4.78, 5) is 11.9. The van der Waals surface area contributed by atoms with Crippen LogP contribution in [0, 0.1) is 17.2 Å². The van der Waals surface area contributed by atoms with Crippen LogP contribution in [0.5, 0.6) is 0 Å². The van der Waals surface area contributed by atoms with Crippen LogP contribution in [-0.2, 0) is 11.2 Å². The maximum atomic E-state index is 11.9. The van der Waals surface area contributed by atoms with E-state index >= 15 is 0 Å². The molecule has 4 nitrogen and oxygen atoms in total. The number of benzene rings is 1. The number of carbonyl (C=O) groups is 1. The van der Waals surface area contributed by atoms with Gasteiger partial charge in [-0.2, -0.15) is 5.26 Å². The maximum absolute atomic E-state index is 11.9. The first kappa shape index (κ1) is 17.8. The van der Waals surface area contributed by atoms with Gasteiger partial charge in [-0.3, -0.25) is 4.79 Å². The number of amides is 1. The normalized spacial score (nSPS) is 12.6. The highest BCUT2D eigenvalue weighted by atomic mass is 16.1. The first-order valence-electron chi connectivity index (χ1n) is 7.71. The second kappa shape index (κ2) is 8.89. The minimum atomic E-state index is -0.336. The van der Waals surface area contributed by atoms with Gasteiger partial charge in [0, 0.05) is 18.8 Å². The Kier molecular flexibility index (Phi) is 7.18. The standard InChI is InChI=1S/C18H25N3O/c1-5-15-6-8-16(9-7-15)14(4)20-12-17(10-19)18(22)21-11-13(2)3/h6-9,12-14,20H,5,11H2,1-4H3,(H,21,22)/b17-12-. The van der Waals surface area contributed by atoms with Crippen LogP contribution >= 0.6 is 0 Å². The third kappa shape index (κ3) is 5.61. The molecule has 22 heavy (non-hydrogen) atoms. The van der Waals surface area contributed by atoms with Gasteiger partial charge in [0.25, 0.3) is 5.91 Å². The number of carbonyl (C=O) groups excluding carboxylic acids is 1. The summed E-state index contributed by atoms with van der Waals surface area (Å²) in [5.41, 5.74) is 2.50. The Balaban J connectivity index is 2.66. The molecule has 1 aromatic carbocycles. The fourth-order valence-corrected chi connectivity index (χ4v) is 1.89. The summed E-state index contributed by atoms with van der Waals surface area (Å²) < 4.78 is 0. The van der Waals surface area contributed by atoms with E-state index in [4.69, 9.17) is 5.26 Å². The SMILES string of the molecule is CCc1ccc(C(C)N/C=C(/C#N)C(=O)NCC(C)C)cc1. The summed E-state index contributed by atoms with van der Waals surface area (Å²) >= 11 is 0. The van der Waals surface area contributed by atoms with E-state index in [0.29, 0.717) is 12.5 Å². The number of nitrogens with zero attached hydrogens (tertiary/aromatic N) is 1. The Hall–Kier alpha value is -2.28. The molecule has 4 heteroatoms. The van der Waals surface area contributed by atoms with E-state index in [0.717, 1.165) is 12.0 Å². The van der Waals surface area contributed by atoms with Crippen molar-refractivity contribution in [2.24, 2.45) is 5.92 Å². The number of rotatable bonds is 7. The Morgan fingerprint density at radius 3 is 2.41 bits per heavy atom. The third-order valence-electron chi connectivity index (χ3n) is 3.40. The van der Waals surface area contributed by atoms with Crippen LogP contribution in [0.4, 0.5) is 0 Å². The minimum absolute atomic E-state index is 0.0344. The molecule has 0 saturated heterocycles. The van der Waals surface area contributed by atoms with Gasteiger partial charge in [-0.05, 0) is 30.4 Å². The average molecular weight is 299 g/mol. The van der Waals surface area contributed by atoms with E-state index in [1.54, 1.807) is 0 Å². The third-order valence-corrected chi connectivity index (χ3v) is 3.40. The molecule has 2 N–H and O–H groups in total. The molecular weight excluding hydrogens is 274 g/mol. The van der Waals surface area contributed by atoms with Crippen molar-refractivity contribution in [1.29, 1.82) is 5.26 Å². The van der Waals surface area contributed by atoms with Crippen molar-refractivity contribution in [1.82, 2.24) is 10.6 Å². The molecular formula is C18H25N3O. The number of hydrogen-bond acceptors (Lipinski definition) is 3. The van der Waals surface area contributed by atoms with Crippen molar-refractivity contribution in [2.45, 2.75) is 40.2 Å². The lowest BCUT2D eigenvalue weighted by Crippen LogP contribution is -2.29. The van der Waals surface area contributed by atoms with Crippen LogP contribution in [0.1, 0.15) is 44.9 Å². The van der Waals surface area contributed by atoms with Crippen LogP contribution < -0.4 is 10.6 Å². The first-order valence-corrected chi connectivity index (χ1v) is 7.71. The lowest BCUT2D eigenvalue weighted by Gasteiger charge is -2.13. The molecule has 0 aromatic heterocycles. The molecule has 0 aliphatic rings. The van der Waals surface area contributed by atoms with Gasteiger partial charge in [-0.1, -0.05) is 45.0 Å². The van der Waals surface area contributed by atoms with Crippen molar-refractivity contribution in [2.75, 3.05) is 6.54 Å². The van der Waals surface area contributed by atoms with Gasteiger partial charge in [0.2, 0.25) is 0 Å². The van der Waals surface area contributed by atoms with Gasteiger partial charge in [0.15, 0.2) is 0 Å². The quantitative estimate of drug-likeness (QED) is 0.600. The van der Waals surface area contributed by atoms with Crippen LogP contribution in [-0.4, -0.2) is 12.5 Å². The molecule has 1 amide bonds. The second-order valence-electron chi connectivity index (χ2n) is 5.76. The lowest BCUT2D eigenvalue weighted by molar-refractivity contribution is -0.117. The topological polar surface area (TPSA) is 64.9 Å². The van der Waals surface area contributed by atoms with Gasteiger partial charge in [0.1, 0.15) is 11.6 Å². The van der Waals surface area contributed by atoms with Crippen LogP contribution in [0.3, 0.4) is 0 Å². The zero-order valence-electron chi connectivity index (χ0n) is 13.8. The van der Waals surface area contributed by atoms with Gasteiger partial charge in [-0.15, -0.1) is 0 Å². The van der Waals surface area contributed by atoms with E-state index in [1.807, 2.05) is 26.8 Å². The van der Waals surface area contributed by atoms with Crippen LogP contribution in [0.2, 0.25) is 0 Å². The highest BCUT2D eigenvalue weighted by Crippen LogP contribution is 2.14. The van der Waals surface area contributed by atoms with Gasteiger partial charge < -0.3 is 10.6 Å². The highest BCUT2D eigenvalue weighted by molar-refractivity contribution is 5.97. The van der Waals surface area contributed by atoms with Crippen molar-refractivity contribution < 1.29 is 4.79 Å². The average Bonchev–Trinajstić information content (AvgIpc) is 2.53. The number of nitriles is 1. The molecule has 0 aliphatic carbocycles. The molecule has 0 saturated carbocycles. The molecule has 1 rings (SSSR count). The van der Waals surface area contributed by atoms with E-state index < -0.39 is 0 Å². The molecule has 1 atom stereocenters. The largest absolute Gasteiger partial charge is 0.383 e. The summed E-state index contributed by atoms with van der Waals surface area (Å²) in [7, 11) is 0. The number of aryl methyl sites for hydroxylation is 1. The number of nitrogens with one attached hydrogen (secondary N) is 2. The summed E-state index contributed by atoms with van der Waals surface area (Å²) in [6.07, 6.45) is 2.50. The zero-order valence-corrected chi connectivity index (χ0v) is 13.8. The predicted molar refractivity (Wildman–Crippen MR) is 88.9 cm³/mol. The van der Waals surface area contributed by atoms with E-state index in [2.05, 4.69) is 41.8 Å². The summed E-state index contributed by atoms with van der Waals surface area (Å²) in [5, 5.41) is 14.9. The van der Waals surface area contributed by atoms with E-state index in [9.17, 15) is 4.79 Å². The summed E-state index contributed by atoms with van der Waals surface area (Å²) in [6, 6.07) is 10.3. The lowest BCUT2D eigenvalue weighted by atomic mass is 10.1. The number of hydrogen-bond donors (Lipinski definition) is 2. The van der Waals surface area contributed by atoms with Crippen molar-refractivity contribution in [3.63, 3.8) is 0 Å². The Bertz CT molecular complexity index is 553. The molecule has 0 spiro atoms. The predicted octanol–water partition coefficient (Wildman–Crippen LogP) is 3.08. The van der Waals surface area contributed by atoms with Crippen molar-refractivity contribution >= 4 is 5.91 Å². The molecule has 1 aromatic rings. The molecule has 0 heterocycles. The molecule has 0 aliphatic heterocycles. The van der Waals surface area contributed by atoms with Gasteiger partial charge in [-0.25, -0.2) is 0 Å². The highest BCUT2D eigenvalue weighted by Gasteiger charge is 2.10. The van der Waals surface area contributed by atoms with Crippen molar-refractivity contribution in [3.05, 3.63) is 47.2 Å². The molecule has 0 bridgehead atoms. The Morgan fingerprint density at radius 2 is 1.91 bits per heavy atom. The molecule has 1 unspecified atom stereocenters. The van der Waals surface area contributed by atoms with Crippen molar-refractivity contribution in [3.8, 4) is 6.07 Å². The molecule has 0 fully saturated rings. The van der Waals surface area contributed by atoms with Gasteiger partial charge in [0.05, 0.1) is 0 Å². The van der Waals surface area contributed by atoms with E-state index in [1.165, 1.54) is 11.8 Å². The Morgan fingerprint density at radius 1 is 1.27 bits per heavy atom. The van der Waals surface area contributed by atoms with Gasteiger partial charge >= 0.3 is 0 Å². The minimum Gasteiger partial charge on any atom is -0.383 e. The molecule has 0 radical (unpaired) electrons. The zero-order chi connectivity index (χ0) is 16.5. The monoisotopic (exact) mass is 299 g/mol. The van der Waals surface area contributed by atoms with Crippen LogP contribution in [0.15, 0.2) is 36.0 Å². The first-order chi connectivity index (χ1) is 10.5. The van der Waals surface area contributed by atoms with E-state index in [-0.39, 0.29) is 17.5 Å². The second-order valence-corrected chi connectivity index (χ2v) is 5.76. The molecule has 118 valence electrons.